The zero-order valence-corrected chi connectivity index (χ0v) is 22.3. The monoisotopic (exact) mass is 538 g/mol. The smallest absolute Gasteiger partial charge is 0.296 e. The van der Waals surface area contributed by atoms with Crippen molar-refractivity contribution in [1.29, 1.82) is 0 Å². The first kappa shape index (κ1) is 25.3. The molecule has 3 heterocycles. The van der Waals surface area contributed by atoms with Crippen molar-refractivity contribution in [2.45, 2.75) is 69.8 Å². The molecular formula is C29H36F2N6O2. The Morgan fingerprint density at radius 3 is 2.44 bits per heavy atom. The minimum Gasteiger partial charge on any atom is -0.390 e. The number of alkyl halides is 2. The SMILES string of the molecule is CC(CCC1[C@@H]2CC3C[C@H]1C[C@@](O)(C3)C2)c1nc(N2CCOCC2)nc(-n2c(C(F)F)nc3ccccc32)n1. The van der Waals surface area contributed by atoms with Crippen molar-refractivity contribution in [2.24, 2.45) is 23.7 Å². The minimum atomic E-state index is -2.77. The summed E-state index contributed by atoms with van der Waals surface area (Å²) in [5.74, 6) is 3.53. The third-order valence-electron chi connectivity index (χ3n) is 9.71. The standard InChI is InChI=1S/C29H36F2N6O2/c1-17(6-7-21-19-12-18-13-20(21)16-29(38,14-18)15-19)25-33-27(36-8-10-39-11-9-36)35-28(34-25)37-23-5-3-2-4-22(23)32-26(37)24(30)31/h2-5,17-21,24,38H,6-16H2,1H3/t17?,18?,19-,20+,21?,29-. The van der Waals surface area contributed by atoms with Crippen molar-refractivity contribution in [1.82, 2.24) is 24.5 Å². The topological polar surface area (TPSA) is 89.2 Å². The number of hydrogen-bond acceptors (Lipinski definition) is 7. The normalized spacial score (nSPS) is 30.9. The second-order valence-electron chi connectivity index (χ2n) is 12.3. The number of rotatable bonds is 7. The van der Waals surface area contributed by atoms with Gasteiger partial charge in [-0.15, -0.1) is 0 Å². The molecule has 4 saturated carbocycles. The van der Waals surface area contributed by atoms with Crippen LogP contribution in [0, 0.1) is 23.7 Å². The Hall–Kier alpha value is -2.72. The van der Waals surface area contributed by atoms with Crippen molar-refractivity contribution in [2.75, 3.05) is 31.2 Å². The Morgan fingerprint density at radius 1 is 1.00 bits per heavy atom. The number of halogens is 2. The Bertz CT molecular complexity index is 1340. The second kappa shape index (κ2) is 9.73. The van der Waals surface area contributed by atoms with Crippen LogP contribution in [0.15, 0.2) is 24.3 Å². The predicted octanol–water partition coefficient (Wildman–Crippen LogP) is 5.06. The number of para-hydroxylation sites is 2. The maximum atomic E-state index is 14.2. The number of fused-ring (bicyclic) bond motifs is 1. The number of aromatic nitrogens is 5. The van der Waals surface area contributed by atoms with Crippen LogP contribution in [0.25, 0.3) is 17.0 Å². The number of nitrogens with zero attached hydrogens (tertiary/aromatic N) is 6. The molecule has 5 aliphatic rings. The number of aliphatic hydroxyl groups is 1. The zero-order chi connectivity index (χ0) is 26.7. The molecule has 1 saturated heterocycles. The summed E-state index contributed by atoms with van der Waals surface area (Å²) < 4.78 is 35.2. The van der Waals surface area contributed by atoms with E-state index in [4.69, 9.17) is 19.7 Å². The van der Waals surface area contributed by atoms with Gasteiger partial charge in [0.05, 0.1) is 29.8 Å². The number of benzene rings is 1. The quantitative estimate of drug-likeness (QED) is 0.450. The van der Waals surface area contributed by atoms with E-state index in [2.05, 4.69) is 11.9 Å². The molecule has 1 N–H and O–H groups in total. The van der Waals surface area contributed by atoms with E-state index in [9.17, 15) is 13.9 Å². The molecule has 4 aliphatic carbocycles. The summed E-state index contributed by atoms with van der Waals surface area (Å²) >= 11 is 0. The highest BCUT2D eigenvalue weighted by atomic mass is 19.3. The lowest BCUT2D eigenvalue weighted by Gasteiger charge is -2.58. The van der Waals surface area contributed by atoms with Gasteiger partial charge in [0, 0.05) is 19.0 Å². The molecule has 0 radical (unpaired) electrons. The van der Waals surface area contributed by atoms with Gasteiger partial charge in [-0.25, -0.2) is 13.8 Å². The summed E-state index contributed by atoms with van der Waals surface area (Å²) in [6.45, 7) is 4.55. The lowest BCUT2D eigenvalue weighted by atomic mass is 9.49. The lowest BCUT2D eigenvalue weighted by Crippen LogP contribution is -2.54. The van der Waals surface area contributed by atoms with Crippen molar-refractivity contribution in [3.63, 3.8) is 0 Å². The summed E-state index contributed by atoms with van der Waals surface area (Å²) in [5.41, 5.74) is 0.612. The van der Waals surface area contributed by atoms with Crippen LogP contribution in [-0.2, 0) is 4.74 Å². The molecule has 8 nitrogen and oxygen atoms in total. The van der Waals surface area contributed by atoms with Crippen LogP contribution in [0.4, 0.5) is 14.7 Å². The lowest BCUT2D eigenvalue weighted by molar-refractivity contribution is -0.153. The fraction of sp³-hybridized carbons (Fsp3) is 0.655. The van der Waals surface area contributed by atoms with E-state index < -0.39 is 12.0 Å². The Morgan fingerprint density at radius 2 is 1.72 bits per heavy atom. The van der Waals surface area contributed by atoms with Crippen LogP contribution in [0.2, 0.25) is 0 Å². The molecule has 2 aromatic heterocycles. The van der Waals surface area contributed by atoms with Crippen molar-refractivity contribution in [3.05, 3.63) is 35.9 Å². The van der Waals surface area contributed by atoms with Gasteiger partial charge < -0.3 is 14.7 Å². The molecule has 3 unspecified atom stereocenters. The fourth-order valence-electron chi connectivity index (χ4n) is 8.13. The van der Waals surface area contributed by atoms with Gasteiger partial charge in [-0.3, -0.25) is 4.57 Å². The molecular weight excluding hydrogens is 502 g/mol. The van der Waals surface area contributed by atoms with E-state index in [1.54, 1.807) is 18.2 Å². The summed E-state index contributed by atoms with van der Waals surface area (Å²) in [6.07, 6.45) is 4.60. The summed E-state index contributed by atoms with van der Waals surface area (Å²) in [6, 6.07) is 7.10. The third-order valence-corrected chi connectivity index (χ3v) is 9.71. The summed E-state index contributed by atoms with van der Waals surface area (Å²) in [7, 11) is 0. The molecule has 3 aromatic rings. The van der Waals surface area contributed by atoms with Crippen LogP contribution in [0.3, 0.4) is 0 Å². The van der Waals surface area contributed by atoms with E-state index in [-0.39, 0.29) is 17.7 Å². The maximum Gasteiger partial charge on any atom is 0.296 e. The molecule has 8 rings (SSSR count). The fourth-order valence-corrected chi connectivity index (χ4v) is 8.13. The molecule has 39 heavy (non-hydrogen) atoms. The summed E-state index contributed by atoms with van der Waals surface area (Å²) in [4.78, 5) is 20.6. The highest BCUT2D eigenvalue weighted by Gasteiger charge is 2.54. The molecule has 0 spiro atoms. The first-order valence-corrected chi connectivity index (χ1v) is 14.4. The average molecular weight is 539 g/mol. The number of morpholine rings is 1. The van der Waals surface area contributed by atoms with Crippen molar-refractivity contribution < 1.29 is 18.6 Å². The van der Waals surface area contributed by atoms with E-state index in [0.29, 0.717) is 72.8 Å². The van der Waals surface area contributed by atoms with Gasteiger partial charge in [0.2, 0.25) is 11.9 Å². The Labute approximate surface area is 226 Å². The van der Waals surface area contributed by atoms with Gasteiger partial charge >= 0.3 is 0 Å². The molecule has 1 aromatic carbocycles. The van der Waals surface area contributed by atoms with Gasteiger partial charge in [-0.1, -0.05) is 19.1 Å². The molecule has 208 valence electrons. The first-order chi connectivity index (χ1) is 18.9. The zero-order valence-electron chi connectivity index (χ0n) is 22.3. The van der Waals surface area contributed by atoms with Crippen LogP contribution >= 0.6 is 0 Å². The van der Waals surface area contributed by atoms with Gasteiger partial charge in [-0.05, 0) is 80.8 Å². The molecule has 0 amide bonds. The largest absolute Gasteiger partial charge is 0.390 e. The second-order valence-corrected chi connectivity index (χ2v) is 12.3. The number of anilines is 1. The van der Waals surface area contributed by atoms with E-state index in [0.717, 1.165) is 32.1 Å². The van der Waals surface area contributed by atoms with Gasteiger partial charge in [0.25, 0.3) is 6.43 Å². The van der Waals surface area contributed by atoms with Gasteiger partial charge in [-0.2, -0.15) is 15.0 Å². The maximum absolute atomic E-state index is 14.2. The van der Waals surface area contributed by atoms with E-state index in [1.165, 1.54) is 17.4 Å². The highest BCUT2D eigenvalue weighted by molar-refractivity contribution is 5.77. The molecule has 10 heteroatoms. The minimum absolute atomic E-state index is 0.0385. The van der Waals surface area contributed by atoms with E-state index >= 15 is 0 Å². The summed E-state index contributed by atoms with van der Waals surface area (Å²) in [5, 5.41) is 11.0. The number of hydrogen-bond donors (Lipinski definition) is 1. The van der Waals surface area contributed by atoms with Crippen LogP contribution in [0.1, 0.15) is 75.9 Å². The van der Waals surface area contributed by atoms with E-state index in [1.807, 2.05) is 11.0 Å². The Kier molecular flexibility index (Phi) is 6.30. The molecule has 1 aliphatic heterocycles. The van der Waals surface area contributed by atoms with Crippen molar-refractivity contribution >= 4 is 17.0 Å². The Balaban J connectivity index is 1.21. The molecule has 6 atom stereocenters. The molecule has 4 bridgehead atoms. The van der Waals surface area contributed by atoms with Gasteiger partial charge in [0.1, 0.15) is 5.82 Å². The highest BCUT2D eigenvalue weighted by Crippen LogP contribution is 2.59. The third kappa shape index (κ3) is 4.59. The molecule has 5 fully saturated rings. The van der Waals surface area contributed by atoms with Crippen LogP contribution in [-0.4, -0.2) is 61.5 Å². The van der Waals surface area contributed by atoms with Crippen molar-refractivity contribution in [3.8, 4) is 5.95 Å². The van der Waals surface area contributed by atoms with Crippen LogP contribution in [0.5, 0.6) is 0 Å². The van der Waals surface area contributed by atoms with Gasteiger partial charge in [0.15, 0.2) is 5.82 Å². The number of ether oxygens (including phenoxy) is 1. The first-order valence-electron chi connectivity index (χ1n) is 14.4. The predicted molar refractivity (Wildman–Crippen MR) is 142 cm³/mol. The average Bonchev–Trinajstić information content (AvgIpc) is 3.32. The van der Waals surface area contributed by atoms with Crippen LogP contribution < -0.4 is 4.90 Å². The number of imidazole rings is 1.